The summed E-state index contributed by atoms with van der Waals surface area (Å²) in [4.78, 5) is 10.9. The predicted molar refractivity (Wildman–Crippen MR) is 68.6 cm³/mol. The first-order chi connectivity index (χ1) is 7.16. The van der Waals surface area contributed by atoms with Gasteiger partial charge in [0.25, 0.3) is 0 Å². The van der Waals surface area contributed by atoms with Crippen molar-refractivity contribution < 1.29 is 0 Å². The molecule has 2 heterocycles. The molecule has 0 aliphatic carbocycles. The summed E-state index contributed by atoms with van der Waals surface area (Å²) in [5.74, 6) is 4.30. The second-order valence-corrected chi connectivity index (χ2v) is 5.69. The summed E-state index contributed by atoms with van der Waals surface area (Å²) in [5, 5.41) is 0. The zero-order valence-corrected chi connectivity index (χ0v) is 11.3. The van der Waals surface area contributed by atoms with Gasteiger partial charge in [0.05, 0.1) is 0 Å². The number of nitrogens with zero attached hydrogens (tertiary/aromatic N) is 3. The highest BCUT2D eigenvalue weighted by atomic mass is 79.9. The SMILES string of the molecule is Cc1nc(Br)cc(N(C)C2CCSC2)n1. The Balaban J connectivity index is 2.20. The normalized spacial score (nSPS) is 20.6. The van der Waals surface area contributed by atoms with Crippen molar-refractivity contribution >= 4 is 33.5 Å². The van der Waals surface area contributed by atoms with E-state index in [1.54, 1.807) is 0 Å². The van der Waals surface area contributed by atoms with Crippen LogP contribution in [0.2, 0.25) is 0 Å². The number of hydrogen-bond donors (Lipinski definition) is 0. The zero-order valence-electron chi connectivity index (χ0n) is 8.90. The van der Waals surface area contributed by atoms with Crippen LogP contribution in [0.25, 0.3) is 0 Å². The molecular formula is C10H14BrN3S. The molecule has 1 fully saturated rings. The van der Waals surface area contributed by atoms with Gasteiger partial charge in [0, 0.05) is 24.9 Å². The molecule has 3 nitrogen and oxygen atoms in total. The van der Waals surface area contributed by atoms with E-state index < -0.39 is 0 Å². The highest BCUT2D eigenvalue weighted by Crippen LogP contribution is 2.25. The average molecular weight is 288 g/mol. The number of thioether (sulfide) groups is 1. The van der Waals surface area contributed by atoms with Crippen molar-refractivity contribution in [3.63, 3.8) is 0 Å². The summed E-state index contributed by atoms with van der Waals surface area (Å²) < 4.78 is 0.863. The third-order valence-electron chi connectivity index (χ3n) is 2.61. The van der Waals surface area contributed by atoms with Crippen molar-refractivity contribution in [1.29, 1.82) is 0 Å². The lowest BCUT2D eigenvalue weighted by atomic mass is 10.2. The van der Waals surface area contributed by atoms with Crippen molar-refractivity contribution in [1.82, 2.24) is 9.97 Å². The number of aryl methyl sites for hydroxylation is 1. The van der Waals surface area contributed by atoms with E-state index in [1.807, 2.05) is 24.8 Å². The molecule has 0 saturated carbocycles. The molecule has 82 valence electrons. The minimum Gasteiger partial charge on any atom is -0.356 e. The number of aromatic nitrogens is 2. The van der Waals surface area contributed by atoms with Crippen LogP contribution in [0.1, 0.15) is 12.2 Å². The summed E-state index contributed by atoms with van der Waals surface area (Å²) in [7, 11) is 2.12. The van der Waals surface area contributed by atoms with Gasteiger partial charge in [-0.1, -0.05) is 0 Å². The highest BCUT2D eigenvalue weighted by molar-refractivity contribution is 9.10. The van der Waals surface area contributed by atoms with Gasteiger partial charge >= 0.3 is 0 Å². The molecule has 0 amide bonds. The van der Waals surface area contributed by atoms with Crippen molar-refractivity contribution in [3.8, 4) is 0 Å². The van der Waals surface area contributed by atoms with Crippen molar-refractivity contribution in [3.05, 3.63) is 16.5 Å². The van der Waals surface area contributed by atoms with Gasteiger partial charge in [0.15, 0.2) is 0 Å². The molecule has 0 radical (unpaired) electrons. The molecule has 5 heteroatoms. The Morgan fingerprint density at radius 2 is 2.33 bits per heavy atom. The molecule has 1 atom stereocenters. The Kier molecular flexibility index (Phi) is 3.51. The third-order valence-corrected chi connectivity index (χ3v) is 4.16. The van der Waals surface area contributed by atoms with Crippen LogP contribution in [0.5, 0.6) is 0 Å². The second kappa shape index (κ2) is 4.70. The van der Waals surface area contributed by atoms with E-state index in [1.165, 1.54) is 17.9 Å². The van der Waals surface area contributed by atoms with Gasteiger partial charge in [-0.05, 0) is 35.0 Å². The quantitative estimate of drug-likeness (QED) is 0.782. The fourth-order valence-corrected chi connectivity index (χ4v) is 3.44. The van der Waals surface area contributed by atoms with Gasteiger partial charge < -0.3 is 4.90 Å². The molecule has 1 aliphatic heterocycles. The maximum Gasteiger partial charge on any atom is 0.133 e. The Labute approximate surface area is 103 Å². The summed E-state index contributed by atoms with van der Waals surface area (Å²) in [5.41, 5.74) is 0. The first-order valence-electron chi connectivity index (χ1n) is 4.98. The minimum atomic E-state index is 0.621. The summed E-state index contributed by atoms with van der Waals surface area (Å²) in [6.45, 7) is 1.92. The van der Waals surface area contributed by atoms with Crippen LogP contribution in [0.3, 0.4) is 0 Å². The topological polar surface area (TPSA) is 29.0 Å². The first kappa shape index (κ1) is 11.2. The van der Waals surface area contributed by atoms with Gasteiger partial charge in [-0.2, -0.15) is 11.8 Å². The standard InChI is InChI=1S/C10H14BrN3S/c1-7-12-9(11)5-10(13-7)14(2)8-3-4-15-6-8/h5,8H,3-4,6H2,1-2H3. The van der Waals surface area contributed by atoms with Crippen LogP contribution in [0.15, 0.2) is 10.7 Å². The Morgan fingerprint density at radius 3 is 2.93 bits per heavy atom. The molecule has 2 rings (SSSR count). The largest absolute Gasteiger partial charge is 0.356 e. The summed E-state index contributed by atoms with van der Waals surface area (Å²) >= 11 is 5.42. The lowest BCUT2D eigenvalue weighted by Crippen LogP contribution is -2.32. The van der Waals surface area contributed by atoms with Crippen molar-refractivity contribution in [2.45, 2.75) is 19.4 Å². The van der Waals surface area contributed by atoms with Gasteiger partial charge in [-0.3, -0.25) is 0 Å². The molecule has 0 spiro atoms. The number of hydrogen-bond acceptors (Lipinski definition) is 4. The molecule has 1 aromatic heterocycles. The molecule has 1 aromatic rings. The van der Waals surface area contributed by atoms with E-state index in [-0.39, 0.29) is 0 Å². The minimum absolute atomic E-state index is 0.621. The fourth-order valence-electron chi connectivity index (χ4n) is 1.71. The molecule has 0 aromatic carbocycles. The van der Waals surface area contributed by atoms with E-state index in [0.29, 0.717) is 6.04 Å². The molecule has 0 N–H and O–H groups in total. The Bertz CT molecular complexity index is 332. The van der Waals surface area contributed by atoms with E-state index in [9.17, 15) is 0 Å². The van der Waals surface area contributed by atoms with Crippen molar-refractivity contribution in [2.24, 2.45) is 0 Å². The predicted octanol–water partition coefficient (Wildman–Crippen LogP) is 2.49. The first-order valence-corrected chi connectivity index (χ1v) is 6.93. The third kappa shape index (κ3) is 2.64. The van der Waals surface area contributed by atoms with Crippen LogP contribution in [0, 0.1) is 6.92 Å². The van der Waals surface area contributed by atoms with Crippen LogP contribution in [-0.4, -0.2) is 34.6 Å². The monoisotopic (exact) mass is 287 g/mol. The number of halogens is 1. The molecule has 1 saturated heterocycles. The maximum absolute atomic E-state index is 4.45. The molecule has 1 unspecified atom stereocenters. The summed E-state index contributed by atoms with van der Waals surface area (Å²) in [6, 6.07) is 2.60. The average Bonchev–Trinajstić information content (AvgIpc) is 2.67. The second-order valence-electron chi connectivity index (χ2n) is 3.72. The van der Waals surface area contributed by atoms with Gasteiger partial charge in [-0.25, -0.2) is 9.97 Å². The van der Waals surface area contributed by atoms with Gasteiger partial charge in [0.2, 0.25) is 0 Å². The smallest absolute Gasteiger partial charge is 0.133 e. The molecular weight excluding hydrogens is 274 g/mol. The molecule has 15 heavy (non-hydrogen) atoms. The van der Waals surface area contributed by atoms with Gasteiger partial charge in [-0.15, -0.1) is 0 Å². The van der Waals surface area contributed by atoms with Crippen LogP contribution < -0.4 is 4.90 Å². The lowest BCUT2D eigenvalue weighted by Gasteiger charge is -2.24. The van der Waals surface area contributed by atoms with Crippen LogP contribution in [0.4, 0.5) is 5.82 Å². The zero-order chi connectivity index (χ0) is 10.8. The number of anilines is 1. The van der Waals surface area contributed by atoms with E-state index in [4.69, 9.17) is 0 Å². The highest BCUT2D eigenvalue weighted by Gasteiger charge is 2.21. The van der Waals surface area contributed by atoms with E-state index in [2.05, 4.69) is 37.8 Å². The van der Waals surface area contributed by atoms with Crippen molar-refractivity contribution in [2.75, 3.05) is 23.5 Å². The van der Waals surface area contributed by atoms with E-state index in [0.717, 1.165) is 16.2 Å². The van der Waals surface area contributed by atoms with Gasteiger partial charge in [0.1, 0.15) is 16.2 Å². The molecule has 1 aliphatic rings. The Hall–Kier alpha value is -0.290. The Morgan fingerprint density at radius 1 is 1.53 bits per heavy atom. The maximum atomic E-state index is 4.45. The summed E-state index contributed by atoms with van der Waals surface area (Å²) in [6.07, 6.45) is 1.25. The number of rotatable bonds is 2. The van der Waals surface area contributed by atoms with E-state index >= 15 is 0 Å². The van der Waals surface area contributed by atoms with Crippen LogP contribution >= 0.6 is 27.7 Å². The molecule has 0 bridgehead atoms. The lowest BCUT2D eigenvalue weighted by molar-refractivity contribution is 0.688. The fraction of sp³-hybridized carbons (Fsp3) is 0.600. The van der Waals surface area contributed by atoms with Crippen LogP contribution in [-0.2, 0) is 0 Å².